The highest BCUT2D eigenvalue weighted by Gasteiger charge is 2.15. The predicted molar refractivity (Wildman–Crippen MR) is 119 cm³/mol. The first-order chi connectivity index (χ1) is 15.1. The van der Waals surface area contributed by atoms with Gasteiger partial charge in [0.05, 0.1) is 18.8 Å². The topological polar surface area (TPSA) is 153 Å². The fourth-order valence-corrected chi connectivity index (χ4v) is 3.08. The van der Waals surface area contributed by atoms with Crippen molar-refractivity contribution in [1.29, 1.82) is 0 Å². The number of rotatable bonds is 18. The molecule has 0 saturated heterocycles. The molecule has 0 unspecified atom stereocenters. The number of azide groups is 2. The van der Waals surface area contributed by atoms with Gasteiger partial charge in [-0.1, -0.05) is 42.8 Å². The molecule has 1 aromatic rings. The Morgan fingerprint density at radius 1 is 0.871 bits per heavy atom. The molecule has 31 heavy (non-hydrogen) atoms. The molecular formula is C21H32N6O4. The lowest BCUT2D eigenvalue weighted by atomic mass is 10.1. The van der Waals surface area contributed by atoms with E-state index >= 15 is 0 Å². The lowest BCUT2D eigenvalue weighted by Crippen LogP contribution is -2.07. The van der Waals surface area contributed by atoms with Crippen molar-refractivity contribution < 1.29 is 19.4 Å². The Morgan fingerprint density at radius 2 is 1.32 bits per heavy atom. The van der Waals surface area contributed by atoms with E-state index < -0.39 is 5.97 Å². The van der Waals surface area contributed by atoms with Crippen molar-refractivity contribution in [1.82, 2.24) is 0 Å². The van der Waals surface area contributed by atoms with Gasteiger partial charge in [-0.25, -0.2) is 4.79 Å². The summed E-state index contributed by atoms with van der Waals surface area (Å²) in [7, 11) is 0. The van der Waals surface area contributed by atoms with E-state index in [1.54, 1.807) is 12.1 Å². The van der Waals surface area contributed by atoms with Gasteiger partial charge in [-0.3, -0.25) is 0 Å². The van der Waals surface area contributed by atoms with E-state index in [9.17, 15) is 9.90 Å². The first-order valence-electron chi connectivity index (χ1n) is 10.8. The van der Waals surface area contributed by atoms with Crippen molar-refractivity contribution in [3.05, 3.63) is 44.1 Å². The van der Waals surface area contributed by atoms with Crippen LogP contribution < -0.4 is 9.47 Å². The molecule has 170 valence electrons. The third-order valence-electron chi connectivity index (χ3n) is 4.72. The van der Waals surface area contributed by atoms with Crippen molar-refractivity contribution in [3.63, 3.8) is 0 Å². The summed E-state index contributed by atoms with van der Waals surface area (Å²) in [4.78, 5) is 17.0. The molecule has 1 aromatic carbocycles. The summed E-state index contributed by atoms with van der Waals surface area (Å²) < 4.78 is 11.8. The average molecular weight is 433 g/mol. The molecular weight excluding hydrogens is 400 g/mol. The van der Waals surface area contributed by atoms with Gasteiger partial charge in [0.25, 0.3) is 0 Å². The van der Waals surface area contributed by atoms with E-state index in [0.29, 0.717) is 44.2 Å². The number of carboxylic acid groups (broad SMARTS) is 1. The van der Waals surface area contributed by atoms with Crippen LogP contribution >= 0.6 is 0 Å². The largest absolute Gasteiger partial charge is 0.493 e. The maximum absolute atomic E-state index is 11.5. The summed E-state index contributed by atoms with van der Waals surface area (Å²) in [6.45, 7) is 3.98. The maximum atomic E-state index is 11.5. The zero-order valence-corrected chi connectivity index (χ0v) is 18.2. The Balaban J connectivity index is 2.59. The van der Waals surface area contributed by atoms with Crippen LogP contribution in [-0.4, -0.2) is 37.4 Å². The van der Waals surface area contributed by atoms with Gasteiger partial charge in [0, 0.05) is 28.5 Å². The molecule has 0 aliphatic rings. The number of carboxylic acids is 1. The minimum Gasteiger partial charge on any atom is -0.493 e. The predicted octanol–water partition coefficient (Wildman–Crippen LogP) is 6.45. The fraction of sp³-hybridized carbons (Fsp3) is 0.667. The quantitative estimate of drug-likeness (QED) is 0.122. The van der Waals surface area contributed by atoms with Gasteiger partial charge in [-0.05, 0) is 55.3 Å². The van der Waals surface area contributed by atoms with E-state index in [4.69, 9.17) is 20.5 Å². The highest BCUT2D eigenvalue weighted by Crippen LogP contribution is 2.32. The second-order valence-electron chi connectivity index (χ2n) is 7.04. The average Bonchev–Trinajstić information content (AvgIpc) is 2.77. The van der Waals surface area contributed by atoms with Crippen molar-refractivity contribution in [2.75, 3.05) is 26.3 Å². The molecule has 1 rings (SSSR count). The normalized spacial score (nSPS) is 10.1. The number of ether oxygens (including phenoxy) is 2. The SMILES string of the molecule is CCc1c(OCCCCCCN=[N+]=[N-])cc(C(=O)O)cc1OCCCCCCN=[N+]=[N-]. The van der Waals surface area contributed by atoms with Crippen LogP contribution in [0.4, 0.5) is 0 Å². The molecule has 10 heteroatoms. The third-order valence-corrected chi connectivity index (χ3v) is 4.72. The van der Waals surface area contributed by atoms with Crippen LogP contribution in [0.5, 0.6) is 11.5 Å². The lowest BCUT2D eigenvalue weighted by Gasteiger charge is -2.17. The summed E-state index contributed by atoms with van der Waals surface area (Å²) in [6.07, 6.45) is 7.85. The minimum atomic E-state index is -1.02. The van der Waals surface area contributed by atoms with Gasteiger partial charge in [-0.2, -0.15) is 0 Å². The monoisotopic (exact) mass is 432 g/mol. The molecule has 0 radical (unpaired) electrons. The highest BCUT2D eigenvalue weighted by molar-refractivity contribution is 5.89. The molecule has 0 heterocycles. The first kappa shape index (κ1) is 25.9. The minimum absolute atomic E-state index is 0.144. The number of carbonyl (C=O) groups is 1. The molecule has 0 amide bonds. The smallest absolute Gasteiger partial charge is 0.335 e. The van der Waals surface area contributed by atoms with E-state index in [0.717, 1.165) is 56.9 Å². The van der Waals surface area contributed by atoms with Gasteiger partial charge < -0.3 is 14.6 Å². The molecule has 0 atom stereocenters. The van der Waals surface area contributed by atoms with Gasteiger partial charge >= 0.3 is 5.97 Å². The van der Waals surface area contributed by atoms with Crippen molar-refractivity contribution in [2.24, 2.45) is 10.2 Å². The zero-order valence-electron chi connectivity index (χ0n) is 18.2. The standard InChI is InChI=1S/C21H32N6O4/c1-2-18-19(30-13-9-5-3-7-11-24-26-22)15-17(21(28)29)16-20(18)31-14-10-6-4-8-12-25-27-23/h15-16H,2-14H2,1H3,(H,28,29). The van der Waals surface area contributed by atoms with Crippen LogP contribution in [0.2, 0.25) is 0 Å². The Morgan fingerprint density at radius 3 is 1.71 bits per heavy atom. The molecule has 0 aliphatic carbocycles. The Bertz CT molecular complexity index is 720. The molecule has 0 aromatic heterocycles. The Kier molecular flexibility index (Phi) is 14.0. The molecule has 0 saturated carbocycles. The molecule has 10 nitrogen and oxygen atoms in total. The molecule has 0 spiro atoms. The third kappa shape index (κ3) is 11.0. The van der Waals surface area contributed by atoms with E-state index in [1.165, 1.54) is 0 Å². The van der Waals surface area contributed by atoms with Crippen molar-refractivity contribution in [2.45, 2.75) is 64.7 Å². The van der Waals surface area contributed by atoms with Crippen LogP contribution in [0.25, 0.3) is 20.9 Å². The molecule has 0 bridgehead atoms. The second-order valence-corrected chi connectivity index (χ2v) is 7.04. The van der Waals surface area contributed by atoms with Crippen molar-refractivity contribution in [3.8, 4) is 11.5 Å². The molecule has 1 N–H and O–H groups in total. The summed E-state index contributed by atoms with van der Waals surface area (Å²) in [5.41, 5.74) is 17.5. The fourth-order valence-electron chi connectivity index (χ4n) is 3.08. The number of hydrogen-bond donors (Lipinski definition) is 1. The van der Waals surface area contributed by atoms with Crippen LogP contribution in [0.1, 0.15) is 74.2 Å². The summed E-state index contributed by atoms with van der Waals surface area (Å²) in [5, 5.41) is 16.5. The number of unbranched alkanes of at least 4 members (excludes halogenated alkanes) is 6. The number of aromatic carboxylic acids is 1. The number of benzene rings is 1. The summed E-state index contributed by atoms with van der Waals surface area (Å²) in [6, 6.07) is 3.12. The van der Waals surface area contributed by atoms with E-state index in [-0.39, 0.29) is 5.56 Å². The van der Waals surface area contributed by atoms with Crippen LogP contribution in [0, 0.1) is 0 Å². The summed E-state index contributed by atoms with van der Waals surface area (Å²) in [5.74, 6) is 0.0927. The van der Waals surface area contributed by atoms with E-state index in [2.05, 4.69) is 20.1 Å². The van der Waals surface area contributed by atoms with Gasteiger partial charge in [0.2, 0.25) is 0 Å². The van der Waals surface area contributed by atoms with Gasteiger partial charge in [0.15, 0.2) is 0 Å². The van der Waals surface area contributed by atoms with Crippen LogP contribution in [-0.2, 0) is 6.42 Å². The van der Waals surface area contributed by atoms with Crippen molar-refractivity contribution >= 4 is 5.97 Å². The number of nitrogens with zero attached hydrogens (tertiary/aromatic N) is 6. The summed E-state index contributed by atoms with van der Waals surface area (Å²) >= 11 is 0. The number of hydrogen-bond acceptors (Lipinski definition) is 5. The van der Waals surface area contributed by atoms with Gasteiger partial charge in [0.1, 0.15) is 11.5 Å². The van der Waals surface area contributed by atoms with Gasteiger partial charge in [-0.15, -0.1) is 0 Å². The maximum Gasteiger partial charge on any atom is 0.335 e. The first-order valence-corrected chi connectivity index (χ1v) is 10.8. The zero-order chi connectivity index (χ0) is 22.7. The highest BCUT2D eigenvalue weighted by atomic mass is 16.5. The Hall–Kier alpha value is -3.09. The van der Waals surface area contributed by atoms with Crippen LogP contribution in [0.3, 0.4) is 0 Å². The molecule has 0 fully saturated rings. The lowest BCUT2D eigenvalue weighted by molar-refractivity contribution is 0.0695. The van der Waals surface area contributed by atoms with E-state index in [1.807, 2.05) is 6.92 Å². The van der Waals surface area contributed by atoms with Crippen LogP contribution in [0.15, 0.2) is 22.4 Å². The second kappa shape index (κ2) is 16.7. The Labute approximate surface area is 182 Å². The molecule has 0 aliphatic heterocycles.